The third-order valence-electron chi connectivity index (χ3n) is 3.17. The van der Waals surface area contributed by atoms with Crippen LogP contribution in [-0.4, -0.2) is 6.54 Å². The lowest BCUT2D eigenvalue weighted by atomic mass is 10.0. The number of hydrogen-bond donors (Lipinski definition) is 1. The van der Waals surface area contributed by atoms with Crippen LogP contribution in [0.3, 0.4) is 0 Å². The topological polar surface area (TPSA) is 12.0 Å². The van der Waals surface area contributed by atoms with Crippen molar-refractivity contribution in [3.05, 3.63) is 55.7 Å². The molecule has 2 rings (SSSR count). The van der Waals surface area contributed by atoms with Crippen LogP contribution in [0.5, 0.6) is 0 Å². The first-order chi connectivity index (χ1) is 9.11. The van der Waals surface area contributed by atoms with E-state index >= 15 is 0 Å². The fourth-order valence-corrected chi connectivity index (χ4v) is 3.45. The summed E-state index contributed by atoms with van der Waals surface area (Å²) in [6, 6.07) is 11.4. The molecule has 1 heterocycles. The van der Waals surface area contributed by atoms with Gasteiger partial charge in [0.25, 0.3) is 0 Å². The molecule has 2 aromatic rings. The van der Waals surface area contributed by atoms with Gasteiger partial charge in [0.1, 0.15) is 0 Å². The van der Waals surface area contributed by atoms with Gasteiger partial charge in [0.15, 0.2) is 0 Å². The average Bonchev–Trinajstić information content (AvgIpc) is 2.80. The van der Waals surface area contributed by atoms with E-state index in [9.17, 15) is 0 Å². The van der Waals surface area contributed by atoms with E-state index in [1.165, 1.54) is 25.4 Å². The second kappa shape index (κ2) is 6.69. The lowest BCUT2D eigenvalue weighted by Crippen LogP contribution is -2.22. The second-order valence-electron chi connectivity index (χ2n) is 4.84. The molecule has 1 nitrogen and oxygen atoms in total. The maximum absolute atomic E-state index is 3.65. The van der Waals surface area contributed by atoms with E-state index in [1.54, 1.807) is 0 Å². The van der Waals surface area contributed by atoms with Crippen molar-refractivity contribution in [1.29, 1.82) is 0 Å². The van der Waals surface area contributed by atoms with Gasteiger partial charge in [0.2, 0.25) is 0 Å². The van der Waals surface area contributed by atoms with Crippen molar-refractivity contribution in [2.75, 3.05) is 6.54 Å². The summed E-state index contributed by atoms with van der Waals surface area (Å²) in [5.41, 5.74) is 2.60. The van der Waals surface area contributed by atoms with Gasteiger partial charge in [-0.05, 0) is 56.1 Å². The molecule has 1 aromatic heterocycles. The van der Waals surface area contributed by atoms with Crippen LogP contribution in [0.4, 0.5) is 0 Å². The molecule has 0 bridgehead atoms. The molecule has 0 aliphatic carbocycles. The molecule has 0 aliphatic heterocycles. The Morgan fingerprint density at radius 1 is 1.21 bits per heavy atom. The van der Waals surface area contributed by atoms with E-state index in [2.05, 4.69) is 72.3 Å². The Balaban J connectivity index is 2.33. The molecule has 3 heteroatoms. The molecule has 1 aromatic carbocycles. The highest BCUT2D eigenvalue weighted by molar-refractivity contribution is 9.10. The van der Waals surface area contributed by atoms with Gasteiger partial charge in [-0.1, -0.05) is 35.0 Å². The molecule has 0 aliphatic rings. The summed E-state index contributed by atoms with van der Waals surface area (Å²) in [4.78, 5) is 2.76. The molecule has 0 saturated heterocycles. The third kappa shape index (κ3) is 3.68. The lowest BCUT2D eigenvalue weighted by molar-refractivity contribution is 0.605. The van der Waals surface area contributed by atoms with Gasteiger partial charge in [0, 0.05) is 14.2 Å². The summed E-state index contributed by atoms with van der Waals surface area (Å²) in [7, 11) is 0. The van der Waals surface area contributed by atoms with Gasteiger partial charge < -0.3 is 5.32 Å². The minimum atomic E-state index is 0.301. The number of halogens is 1. The Labute approximate surface area is 128 Å². The van der Waals surface area contributed by atoms with Crippen LogP contribution in [0.25, 0.3) is 0 Å². The highest BCUT2D eigenvalue weighted by Gasteiger charge is 2.15. The van der Waals surface area contributed by atoms with E-state index in [1.807, 2.05) is 11.3 Å². The number of thiophene rings is 1. The van der Waals surface area contributed by atoms with Gasteiger partial charge in [-0.2, -0.15) is 0 Å². The number of nitrogens with one attached hydrogen (secondary N) is 1. The monoisotopic (exact) mass is 337 g/mol. The molecule has 0 spiro atoms. The van der Waals surface area contributed by atoms with Crippen LogP contribution >= 0.6 is 27.3 Å². The van der Waals surface area contributed by atoms with Crippen LogP contribution < -0.4 is 5.32 Å². The molecule has 19 heavy (non-hydrogen) atoms. The Morgan fingerprint density at radius 3 is 2.58 bits per heavy atom. The van der Waals surface area contributed by atoms with E-state index < -0.39 is 0 Å². The molecule has 0 amide bonds. The van der Waals surface area contributed by atoms with E-state index in [0.717, 1.165) is 13.0 Å². The van der Waals surface area contributed by atoms with E-state index in [-0.39, 0.29) is 0 Å². The molecular weight excluding hydrogens is 318 g/mol. The maximum Gasteiger partial charge on any atom is 0.0671 e. The minimum Gasteiger partial charge on any atom is -0.306 e. The van der Waals surface area contributed by atoms with Gasteiger partial charge >= 0.3 is 0 Å². The van der Waals surface area contributed by atoms with Crippen LogP contribution in [0.15, 0.2) is 34.8 Å². The van der Waals surface area contributed by atoms with Crippen molar-refractivity contribution in [1.82, 2.24) is 5.32 Å². The zero-order valence-corrected chi connectivity index (χ0v) is 14.1. The lowest BCUT2D eigenvalue weighted by Gasteiger charge is -2.18. The SMILES string of the molecule is CCCNC(c1ccc(C)c(Br)c1)c1ccc(C)s1. The number of rotatable bonds is 5. The summed E-state index contributed by atoms with van der Waals surface area (Å²) >= 11 is 5.51. The predicted molar refractivity (Wildman–Crippen MR) is 88.1 cm³/mol. The van der Waals surface area contributed by atoms with Gasteiger partial charge in [-0.15, -0.1) is 11.3 Å². The quantitative estimate of drug-likeness (QED) is 0.788. The highest BCUT2D eigenvalue weighted by Crippen LogP contribution is 2.30. The standard InChI is InChI=1S/C16H20BrNS/c1-4-9-18-16(15-8-6-12(3)19-15)13-7-5-11(2)14(17)10-13/h5-8,10,16,18H,4,9H2,1-3H3. The Hall–Kier alpha value is -0.640. The molecule has 1 N–H and O–H groups in total. The van der Waals surface area contributed by atoms with Gasteiger partial charge in [-0.3, -0.25) is 0 Å². The fraction of sp³-hybridized carbons (Fsp3) is 0.375. The molecule has 0 saturated carbocycles. The summed E-state index contributed by atoms with van der Waals surface area (Å²) < 4.78 is 1.18. The van der Waals surface area contributed by atoms with Crippen molar-refractivity contribution in [3.8, 4) is 0 Å². The van der Waals surface area contributed by atoms with Crippen molar-refractivity contribution < 1.29 is 0 Å². The first kappa shape index (κ1) is 14.8. The van der Waals surface area contributed by atoms with Crippen LogP contribution in [0.2, 0.25) is 0 Å². The molecule has 0 fully saturated rings. The zero-order valence-electron chi connectivity index (χ0n) is 11.7. The van der Waals surface area contributed by atoms with Crippen LogP contribution in [-0.2, 0) is 0 Å². The summed E-state index contributed by atoms with van der Waals surface area (Å²) in [6.45, 7) is 7.52. The molecule has 1 atom stereocenters. The Kier molecular flexibility index (Phi) is 5.20. The van der Waals surface area contributed by atoms with Crippen molar-refractivity contribution >= 4 is 27.3 Å². The highest BCUT2D eigenvalue weighted by atomic mass is 79.9. The van der Waals surface area contributed by atoms with Gasteiger partial charge in [0.05, 0.1) is 6.04 Å². The van der Waals surface area contributed by atoms with E-state index in [0.29, 0.717) is 6.04 Å². The number of hydrogen-bond acceptors (Lipinski definition) is 2. The zero-order chi connectivity index (χ0) is 13.8. The largest absolute Gasteiger partial charge is 0.306 e. The molecule has 1 unspecified atom stereocenters. The van der Waals surface area contributed by atoms with Crippen molar-refractivity contribution in [2.24, 2.45) is 0 Å². The van der Waals surface area contributed by atoms with Crippen LogP contribution in [0.1, 0.15) is 40.3 Å². The normalized spacial score (nSPS) is 12.6. The summed E-state index contributed by atoms with van der Waals surface area (Å²) in [6.07, 6.45) is 1.15. The summed E-state index contributed by atoms with van der Waals surface area (Å²) in [5.74, 6) is 0. The second-order valence-corrected chi connectivity index (χ2v) is 7.02. The molecule has 102 valence electrons. The predicted octanol–water partition coefficient (Wildman–Crippen LogP) is 5.22. The average molecular weight is 338 g/mol. The Bertz CT molecular complexity index is 547. The van der Waals surface area contributed by atoms with Crippen molar-refractivity contribution in [3.63, 3.8) is 0 Å². The first-order valence-corrected chi connectivity index (χ1v) is 8.28. The van der Waals surface area contributed by atoms with Crippen molar-refractivity contribution in [2.45, 2.75) is 33.2 Å². The minimum absolute atomic E-state index is 0.301. The maximum atomic E-state index is 3.65. The first-order valence-electron chi connectivity index (χ1n) is 6.67. The van der Waals surface area contributed by atoms with Crippen LogP contribution in [0, 0.1) is 13.8 Å². The Morgan fingerprint density at radius 2 is 2.00 bits per heavy atom. The third-order valence-corrected chi connectivity index (χ3v) is 5.09. The summed E-state index contributed by atoms with van der Waals surface area (Å²) in [5, 5.41) is 3.65. The number of benzene rings is 1. The fourth-order valence-electron chi connectivity index (χ4n) is 2.07. The number of aryl methyl sites for hydroxylation is 2. The van der Waals surface area contributed by atoms with E-state index in [4.69, 9.17) is 0 Å². The molecule has 0 radical (unpaired) electrons. The smallest absolute Gasteiger partial charge is 0.0671 e. The van der Waals surface area contributed by atoms with Gasteiger partial charge in [-0.25, -0.2) is 0 Å². The molecular formula is C16H20BrNS.